The number of hydrogen-bond acceptors (Lipinski definition) is 3. The Kier molecular flexibility index (Phi) is 2.92. The highest BCUT2D eigenvalue weighted by atomic mass is 15.2. The van der Waals surface area contributed by atoms with Gasteiger partial charge in [0.15, 0.2) is 0 Å². The second-order valence-corrected chi connectivity index (χ2v) is 5.43. The second kappa shape index (κ2) is 4.42. The van der Waals surface area contributed by atoms with Gasteiger partial charge in [-0.05, 0) is 32.7 Å². The van der Waals surface area contributed by atoms with Gasteiger partial charge in [-0.2, -0.15) is 0 Å². The van der Waals surface area contributed by atoms with Crippen LogP contribution in [0.2, 0.25) is 0 Å². The first-order valence-electron chi connectivity index (χ1n) is 6.73. The van der Waals surface area contributed by atoms with Crippen molar-refractivity contribution in [1.29, 1.82) is 0 Å². The Labute approximate surface area is 103 Å². The average Bonchev–Trinajstić information content (AvgIpc) is 2.96. The molecule has 1 aromatic rings. The summed E-state index contributed by atoms with van der Waals surface area (Å²) in [5.74, 6) is 1.14. The zero-order valence-corrected chi connectivity index (χ0v) is 10.8. The highest BCUT2D eigenvalue weighted by Gasteiger charge is 2.37. The lowest BCUT2D eigenvalue weighted by molar-refractivity contribution is 0.289. The molecule has 3 heterocycles. The van der Waals surface area contributed by atoms with Gasteiger partial charge in [0.25, 0.3) is 0 Å². The number of nitrogens with zero attached hydrogens (tertiary/aromatic N) is 3. The van der Waals surface area contributed by atoms with Gasteiger partial charge >= 0.3 is 0 Å². The van der Waals surface area contributed by atoms with Gasteiger partial charge in [-0.1, -0.05) is 0 Å². The monoisotopic (exact) mass is 234 g/mol. The third-order valence-corrected chi connectivity index (χ3v) is 4.32. The zero-order valence-electron chi connectivity index (χ0n) is 10.8. The molecule has 0 spiro atoms. The number of aromatic nitrogens is 2. The maximum atomic E-state index is 4.43. The summed E-state index contributed by atoms with van der Waals surface area (Å²) < 4.78 is 2.11. The molecule has 17 heavy (non-hydrogen) atoms. The van der Waals surface area contributed by atoms with E-state index < -0.39 is 0 Å². The average molecular weight is 234 g/mol. The minimum absolute atomic E-state index is 0.348. The van der Waals surface area contributed by atoms with Crippen LogP contribution >= 0.6 is 0 Å². The summed E-state index contributed by atoms with van der Waals surface area (Å²) in [6.45, 7) is 4.80. The van der Waals surface area contributed by atoms with Crippen molar-refractivity contribution in [3.05, 3.63) is 18.2 Å². The number of nitrogens with one attached hydrogen (secondary N) is 1. The lowest BCUT2D eigenvalue weighted by Gasteiger charge is -2.24. The highest BCUT2D eigenvalue weighted by molar-refractivity contribution is 5.02. The van der Waals surface area contributed by atoms with Gasteiger partial charge in [0.2, 0.25) is 0 Å². The van der Waals surface area contributed by atoms with Gasteiger partial charge in [0.1, 0.15) is 5.82 Å². The van der Waals surface area contributed by atoms with Gasteiger partial charge in [-0.25, -0.2) is 4.98 Å². The molecule has 2 aliphatic rings. The lowest BCUT2D eigenvalue weighted by Crippen LogP contribution is -2.40. The van der Waals surface area contributed by atoms with E-state index >= 15 is 0 Å². The Balaban J connectivity index is 1.65. The predicted molar refractivity (Wildman–Crippen MR) is 67.8 cm³/mol. The minimum Gasteiger partial charge on any atom is -0.337 e. The summed E-state index contributed by atoms with van der Waals surface area (Å²) in [4.78, 5) is 7.07. The molecule has 1 N–H and O–H groups in total. The van der Waals surface area contributed by atoms with Crippen molar-refractivity contribution in [2.24, 2.45) is 7.05 Å². The second-order valence-electron chi connectivity index (χ2n) is 5.43. The molecular weight excluding hydrogens is 212 g/mol. The SMILES string of the molecule is CC(NC1CCN2CCCC12)c1nccn1C. The highest BCUT2D eigenvalue weighted by Crippen LogP contribution is 2.29. The van der Waals surface area contributed by atoms with Crippen molar-refractivity contribution in [3.8, 4) is 0 Å². The number of hydrogen-bond donors (Lipinski definition) is 1. The number of fused-ring (bicyclic) bond motifs is 1. The molecule has 2 fully saturated rings. The molecule has 3 unspecified atom stereocenters. The molecule has 1 aromatic heterocycles. The molecular formula is C13H22N4. The van der Waals surface area contributed by atoms with Crippen molar-refractivity contribution in [1.82, 2.24) is 19.8 Å². The van der Waals surface area contributed by atoms with Crippen molar-refractivity contribution in [2.75, 3.05) is 13.1 Å². The van der Waals surface area contributed by atoms with Crippen molar-refractivity contribution in [3.63, 3.8) is 0 Å². The fourth-order valence-corrected chi connectivity index (χ4v) is 3.47. The molecule has 0 radical (unpaired) electrons. The molecule has 0 amide bonds. The first-order valence-corrected chi connectivity index (χ1v) is 6.73. The van der Waals surface area contributed by atoms with E-state index in [9.17, 15) is 0 Å². The Morgan fingerprint density at radius 2 is 2.29 bits per heavy atom. The molecule has 4 heteroatoms. The molecule has 2 saturated heterocycles. The van der Waals surface area contributed by atoms with Crippen LogP contribution in [0.4, 0.5) is 0 Å². The van der Waals surface area contributed by atoms with Crippen LogP contribution in [0.1, 0.15) is 38.1 Å². The topological polar surface area (TPSA) is 33.1 Å². The van der Waals surface area contributed by atoms with Crippen LogP contribution in [0.5, 0.6) is 0 Å². The van der Waals surface area contributed by atoms with Crippen LogP contribution in [0.25, 0.3) is 0 Å². The standard InChI is InChI=1S/C13H22N4/c1-10(13-14-6-9-16(13)2)15-11-5-8-17-7-3-4-12(11)17/h6,9-12,15H,3-5,7-8H2,1-2H3. The summed E-state index contributed by atoms with van der Waals surface area (Å²) in [6, 6.07) is 1.78. The molecule has 0 aromatic carbocycles. The van der Waals surface area contributed by atoms with E-state index in [0.29, 0.717) is 12.1 Å². The summed E-state index contributed by atoms with van der Waals surface area (Å²) >= 11 is 0. The van der Waals surface area contributed by atoms with Crippen molar-refractivity contribution < 1.29 is 0 Å². The lowest BCUT2D eigenvalue weighted by atomic mass is 10.1. The van der Waals surface area contributed by atoms with E-state index in [1.165, 1.54) is 32.4 Å². The summed E-state index contributed by atoms with van der Waals surface area (Å²) in [7, 11) is 2.07. The van der Waals surface area contributed by atoms with E-state index in [2.05, 4.69) is 33.7 Å². The minimum atomic E-state index is 0.348. The molecule has 94 valence electrons. The Bertz CT molecular complexity index is 387. The molecule has 0 bridgehead atoms. The van der Waals surface area contributed by atoms with E-state index in [4.69, 9.17) is 0 Å². The molecule has 0 saturated carbocycles. The normalized spacial score (nSPS) is 30.7. The fraction of sp³-hybridized carbons (Fsp3) is 0.769. The van der Waals surface area contributed by atoms with Crippen LogP contribution < -0.4 is 5.32 Å². The quantitative estimate of drug-likeness (QED) is 0.856. The third-order valence-electron chi connectivity index (χ3n) is 4.32. The molecule has 3 rings (SSSR count). The summed E-state index contributed by atoms with van der Waals surface area (Å²) in [5, 5.41) is 3.77. The van der Waals surface area contributed by atoms with Crippen molar-refractivity contribution in [2.45, 2.75) is 44.3 Å². The number of aryl methyl sites for hydroxylation is 1. The molecule has 0 aliphatic carbocycles. The first-order chi connectivity index (χ1) is 8.25. The fourth-order valence-electron chi connectivity index (χ4n) is 3.47. The van der Waals surface area contributed by atoms with Gasteiger partial charge in [-0.15, -0.1) is 0 Å². The molecule has 2 aliphatic heterocycles. The number of imidazole rings is 1. The van der Waals surface area contributed by atoms with Gasteiger partial charge in [0, 0.05) is 38.1 Å². The van der Waals surface area contributed by atoms with E-state index in [0.717, 1.165) is 11.9 Å². The Morgan fingerprint density at radius 3 is 3.06 bits per heavy atom. The Hall–Kier alpha value is -0.870. The smallest absolute Gasteiger partial charge is 0.125 e. The van der Waals surface area contributed by atoms with E-state index in [-0.39, 0.29) is 0 Å². The van der Waals surface area contributed by atoms with Gasteiger partial charge in [-0.3, -0.25) is 4.90 Å². The third kappa shape index (κ3) is 2.00. The Morgan fingerprint density at radius 1 is 1.41 bits per heavy atom. The summed E-state index contributed by atoms with van der Waals surface area (Å²) in [6.07, 6.45) is 7.93. The van der Waals surface area contributed by atoms with E-state index in [1.54, 1.807) is 0 Å². The summed E-state index contributed by atoms with van der Waals surface area (Å²) in [5.41, 5.74) is 0. The predicted octanol–water partition coefficient (Wildman–Crippen LogP) is 1.31. The van der Waals surface area contributed by atoms with Crippen molar-refractivity contribution >= 4 is 0 Å². The molecule has 3 atom stereocenters. The van der Waals surface area contributed by atoms with Crippen LogP contribution in [0, 0.1) is 0 Å². The van der Waals surface area contributed by atoms with Crippen LogP contribution in [-0.2, 0) is 7.05 Å². The van der Waals surface area contributed by atoms with Gasteiger partial charge in [0.05, 0.1) is 6.04 Å². The van der Waals surface area contributed by atoms with Crippen LogP contribution in [0.15, 0.2) is 12.4 Å². The van der Waals surface area contributed by atoms with E-state index in [1.807, 2.05) is 12.4 Å². The maximum Gasteiger partial charge on any atom is 0.125 e. The largest absolute Gasteiger partial charge is 0.337 e. The van der Waals surface area contributed by atoms with Gasteiger partial charge < -0.3 is 9.88 Å². The first kappa shape index (κ1) is 11.2. The zero-order chi connectivity index (χ0) is 11.8. The molecule has 4 nitrogen and oxygen atoms in total. The van der Waals surface area contributed by atoms with Crippen LogP contribution in [0.3, 0.4) is 0 Å². The maximum absolute atomic E-state index is 4.43. The number of rotatable bonds is 3. The van der Waals surface area contributed by atoms with Crippen LogP contribution in [-0.4, -0.2) is 39.6 Å².